The fraction of sp³-hybridized carbons (Fsp3) is 0.0488. The van der Waals surface area contributed by atoms with Gasteiger partial charge in [-0.2, -0.15) is 0 Å². The van der Waals surface area contributed by atoms with Gasteiger partial charge in [0, 0.05) is 18.8 Å². The smallest absolute Gasteiger partial charge is 0.114 e. The van der Waals surface area contributed by atoms with Gasteiger partial charge in [-0.25, -0.2) is 4.98 Å². The van der Waals surface area contributed by atoms with E-state index in [1.807, 2.05) is 60.7 Å². The highest BCUT2D eigenvalue weighted by Gasteiger charge is 2.21. The van der Waals surface area contributed by atoms with Gasteiger partial charge in [-0.3, -0.25) is 4.57 Å². The fourth-order valence-corrected chi connectivity index (χ4v) is 6.51. The molecule has 0 saturated heterocycles. The number of para-hydroxylation sites is 3. The van der Waals surface area contributed by atoms with Gasteiger partial charge in [0.2, 0.25) is 0 Å². The lowest BCUT2D eigenvalue weighted by atomic mass is 9.83. The number of aryl methyl sites for hydroxylation is 1. The van der Waals surface area contributed by atoms with E-state index >= 15 is 0 Å². The summed E-state index contributed by atoms with van der Waals surface area (Å²) in [5.74, 6) is -0.154. The maximum Gasteiger partial charge on any atom is 0.114 e. The molecule has 1 heterocycles. The van der Waals surface area contributed by atoms with E-state index in [9.17, 15) is 0 Å². The summed E-state index contributed by atoms with van der Waals surface area (Å²) >= 11 is 0. The molecule has 0 saturated carbocycles. The Bertz CT molecular complexity index is 2420. The maximum atomic E-state index is 8.81. The molecule has 0 bridgehead atoms. The van der Waals surface area contributed by atoms with Crippen LogP contribution in [0.1, 0.15) is 19.5 Å². The highest BCUT2D eigenvalue weighted by atomic mass is 15.1. The van der Waals surface area contributed by atoms with Crippen LogP contribution in [0.3, 0.4) is 0 Å². The number of imidazole rings is 1. The number of rotatable bonds is 5. The molecule has 0 aliphatic rings. The number of nitrogens with zero attached hydrogens (tertiary/aromatic N) is 2. The minimum atomic E-state index is -2.94. The van der Waals surface area contributed by atoms with Crippen LogP contribution in [-0.2, 0) is 6.37 Å². The third-order valence-electron chi connectivity index (χ3n) is 8.30. The third kappa shape index (κ3) is 4.06. The van der Waals surface area contributed by atoms with Gasteiger partial charge in [0.15, 0.2) is 0 Å². The zero-order valence-electron chi connectivity index (χ0n) is 28.3. The molecule has 0 unspecified atom stereocenters. The SMILES string of the molecule is [2H]C([2H])([2H])C([2H])([2H])c1nc2ccccc2n1-c1ccccc1-c1c2ccccc2c(-c2ccccc2-c2ccccc2)c2ccccc12. The van der Waals surface area contributed by atoms with Crippen LogP contribution in [-0.4, -0.2) is 9.55 Å². The average molecular weight is 556 g/mol. The first-order valence-electron chi connectivity index (χ1n) is 16.9. The molecule has 8 rings (SSSR count). The molecule has 43 heavy (non-hydrogen) atoms. The molecule has 2 nitrogen and oxygen atoms in total. The van der Waals surface area contributed by atoms with Gasteiger partial charge in [0.05, 0.1) is 16.7 Å². The van der Waals surface area contributed by atoms with Crippen LogP contribution < -0.4 is 0 Å². The Morgan fingerprint density at radius 2 is 1.05 bits per heavy atom. The monoisotopic (exact) mass is 555 g/mol. The number of hydrogen-bond donors (Lipinski definition) is 0. The van der Waals surface area contributed by atoms with Crippen molar-refractivity contribution >= 4 is 32.6 Å². The number of aromatic nitrogens is 2. The molecule has 0 spiro atoms. The van der Waals surface area contributed by atoms with Crippen LogP contribution in [0.2, 0.25) is 0 Å². The summed E-state index contributed by atoms with van der Waals surface area (Å²) in [5.41, 5.74) is 8.19. The number of fused-ring (bicyclic) bond motifs is 3. The van der Waals surface area contributed by atoms with E-state index < -0.39 is 13.2 Å². The molecule has 0 aliphatic carbocycles. The van der Waals surface area contributed by atoms with Crippen molar-refractivity contribution in [3.05, 3.63) is 157 Å². The van der Waals surface area contributed by atoms with Gasteiger partial charge in [-0.1, -0.05) is 140 Å². The van der Waals surface area contributed by atoms with Gasteiger partial charge in [-0.15, -0.1) is 0 Å². The Hall–Kier alpha value is -5.47. The van der Waals surface area contributed by atoms with Gasteiger partial charge in [0.25, 0.3) is 0 Å². The summed E-state index contributed by atoms with van der Waals surface area (Å²) < 4.78 is 43.7. The second kappa shape index (κ2) is 10.4. The lowest BCUT2D eigenvalue weighted by Gasteiger charge is -2.21. The molecule has 0 aliphatic heterocycles. The average Bonchev–Trinajstić information content (AvgIpc) is 3.51. The molecule has 0 N–H and O–H groups in total. The molecule has 7 aromatic carbocycles. The standard InChI is InChI=1S/C41H30N2/c1-2-39-42-36-25-13-15-27-38(36)43(39)37-26-14-12-24-35(37)41-33-22-10-8-20-31(33)40(32-21-9-11-23-34(32)41)30-19-7-6-18-29(30)28-16-4-3-5-17-28/h3-27H,2H2,1H3/i1D3,2D2. The number of hydrogen-bond acceptors (Lipinski definition) is 1. The van der Waals surface area contributed by atoms with E-state index in [-0.39, 0.29) is 5.82 Å². The molecular weight excluding hydrogens is 520 g/mol. The predicted octanol–water partition coefficient (Wildman–Crippen LogP) is 10.9. The first kappa shape index (κ1) is 20.4. The Kier molecular flexibility index (Phi) is 4.95. The molecule has 8 aromatic rings. The quantitative estimate of drug-likeness (QED) is 0.193. The Balaban J connectivity index is 1.49. The molecular formula is C41H30N2. The second-order valence-corrected chi connectivity index (χ2v) is 10.7. The summed E-state index contributed by atoms with van der Waals surface area (Å²) in [7, 11) is 0. The van der Waals surface area contributed by atoms with Crippen molar-refractivity contribution in [2.75, 3.05) is 0 Å². The normalized spacial score (nSPS) is 13.8. The van der Waals surface area contributed by atoms with Crippen LogP contribution in [0.5, 0.6) is 0 Å². The minimum absolute atomic E-state index is 0.154. The van der Waals surface area contributed by atoms with E-state index in [0.717, 1.165) is 54.9 Å². The fourth-order valence-electron chi connectivity index (χ4n) is 6.51. The van der Waals surface area contributed by atoms with Gasteiger partial charge in [-0.05, 0) is 67.6 Å². The Morgan fingerprint density at radius 1 is 0.535 bits per heavy atom. The summed E-state index contributed by atoms with van der Waals surface area (Å²) in [6, 6.07) is 50.9. The molecule has 0 amide bonds. The van der Waals surface area contributed by atoms with Crippen LogP contribution >= 0.6 is 0 Å². The minimum Gasteiger partial charge on any atom is -0.296 e. The van der Waals surface area contributed by atoms with Crippen molar-refractivity contribution in [3.63, 3.8) is 0 Å². The molecule has 1 aromatic heterocycles. The summed E-state index contributed by atoms with van der Waals surface area (Å²) in [5, 5.41) is 4.23. The van der Waals surface area contributed by atoms with Crippen molar-refractivity contribution in [2.24, 2.45) is 0 Å². The van der Waals surface area contributed by atoms with Gasteiger partial charge >= 0.3 is 0 Å². The first-order valence-corrected chi connectivity index (χ1v) is 14.4. The highest BCUT2D eigenvalue weighted by molar-refractivity contribution is 6.23. The molecule has 0 atom stereocenters. The first-order chi connectivity index (χ1) is 23.3. The molecule has 0 fully saturated rings. The summed E-state index contributed by atoms with van der Waals surface area (Å²) in [6.07, 6.45) is -2.71. The number of benzene rings is 7. The van der Waals surface area contributed by atoms with E-state index in [4.69, 9.17) is 6.85 Å². The Labute approximate surface area is 258 Å². The van der Waals surface area contributed by atoms with Crippen LogP contribution in [0.25, 0.3) is 71.6 Å². The van der Waals surface area contributed by atoms with Crippen LogP contribution in [0.4, 0.5) is 0 Å². The van der Waals surface area contributed by atoms with E-state index in [1.165, 1.54) is 0 Å². The van der Waals surface area contributed by atoms with Crippen LogP contribution in [0, 0.1) is 0 Å². The lowest BCUT2D eigenvalue weighted by Crippen LogP contribution is -2.03. The van der Waals surface area contributed by atoms with Crippen molar-refractivity contribution in [1.29, 1.82) is 0 Å². The van der Waals surface area contributed by atoms with Crippen molar-refractivity contribution in [3.8, 4) is 39.1 Å². The van der Waals surface area contributed by atoms with Crippen molar-refractivity contribution in [2.45, 2.75) is 13.2 Å². The third-order valence-corrected chi connectivity index (χ3v) is 8.30. The van der Waals surface area contributed by atoms with Crippen molar-refractivity contribution < 1.29 is 6.85 Å². The summed E-state index contributed by atoms with van der Waals surface area (Å²) in [6.45, 7) is -2.94. The zero-order chi connectivity index (χ0) is 33.0. The predicted molar refractivity (Wildman–Crippen MR) is 182 cm³/mol. The lowest BCUT2D eigenvalue weighted by molar-refractivity contribution is 0.909. The van der Waals surface area contributed by atoms with E-state index in [2.05, 4.69) is 89.9 Å². The second-order valence-electron chi connectivity index (χ2n) is 10.7. The Morgan fingerprint density at radius 3 is 1.72 bits per heavy atom. The van der Waals surface area contributed by atoms with Gasteiger partial charge < -0.3 is 0 Å². The van der Waals surface area contributed by atoms with Gasteiger partial charge in [0.1, 0.15) is 5.82 Å². The molecule has 0 radical (unpaired) electrons. The largest absolute Gasteiger partial charge is 0.296 e. The zero-order valence-corrected chi connectivity index (χ0v) is 23.3. The summed E-state index contributed by atoms with van der Waals surface area (Å²) in [4.78, 5) is 4.61. The van der Waals surface area contributed by atoms with Crippen molar-refractivity contribution in [1.82, 2.24) is 9.55 Å². The van der Waals surface area contributed by atoms with E-state index in [1.54, 1.807) is 10.6 Å². The van der Waals surface area contributed by atoms with Crippen LogP contribution in [0.15, 0.2) is 152 Å². The molecule has 2 heteroatoms. The molecule has 204 valence electrons. The highest BCUT2D eigenvalue weighted by Crippen LogP contribution is 2.47. The van der Waals surface area contributed by atoms with E-state index in [0.29, 0.717) is 16.7 Å². The topological polar surface area (TPSA) is 17.8 Å². The maximum absolute atomic E-state index is 8.81.